The molecule has 1 saturated carbocycles. The highest BCUT2D eigenvalue weighted by molar-refractivity contribution is 5.95. The maximum Gasteiger partial charge on any atom is 0.419 e. The Balaban J connectivity index is 1.54. The normalized spacial score (nSPS) is 20.8. The first kappa shape index (κ1) is 30.3. The number of aryl methyl sites for hydroxylation is 1. The molecule has 5 rings (SSSR count). The van der Waals surface area contributed by atoms with E-state index in [4.69, 9.17) is 19.9 Å². The summed E-state index contributed by atoms with van der Waals surface area (Å²) in [6.07, 6.45) is 1.09. The first-order valence-electron chi connectivity index (χ1n) is 14.3. The summed E-state index contributed by atoms with van der Waals surface area (Å²) in [4.78, 5) is 15.4. The molecular formula is C32H41F2N3O5. The Morgan fingerprint density at radius 3 is 2.50 bits per heavy atom. The van der Waals surface area contributed by atoms with E-state index in [-0.39, 0.29) is 18.9 Å². The summed E-state index contributed by atoms with van der Waals surface area (Å²) >= 11 is 0. The maximum absolute atomic E-state index is 14.1. The zero-order valence-electron chi connectivity index (χ0n) is 25.2. The fourth-order valence-electron chi connectivity index (χ4n) is 6.79. The van der Waals surface area contributed by atoms with E-state index in [0.29, 0.717) is 42.9 Å². The van der Waals surface area contributed by atoms with Crippen LogP contribution in [0.3, 0.4) is 0 Å². The number of alkyl halides is 2. The van der Waals surface area contributed by atoms with E-state index < -0.39 is 29.3 Å². The number of piperidine rings is 1. The molecule has 2 fully saturated rings. The third-order valence-electron chi connectivity index (χ3n) is 8.65. The number of nitrogens with two attached hydrogens (primary N) is 1. The molecule has 1 saturated heterocycles. The van der Waals surface area contributed by atoms with Crippen molar-refractivity contribution in [3.63, 3.8) is 0 Å². The van der Waals surface area contributed by atoms with Gasteiger partial charge >= 0.3 is 6.09 Å². The topological polar surface area (TPSA) is 99.2 Å². The van der Waals surface area contributed by atoms with E-state index in [0.717, 1.165) is 27.6 Å². The van der Waals surface area contributed by atoms with Crippen molar-refractivity contribution in [2.24, 2.45) is 5.41 Å². The zero-order chi connectivity index (χ0) is 30.6. The van der Waals surface area contributed by atoms with Crippen molar-refractivity contribution in [2.45, 2.75) is 83.8 Å². The summed E-state index contributed by atoms with van der Waals surface area (Å²) in [6, 6.07) is 9.06. The average Bonchev–Trinajstić information content (AvgIpc) is 3.34. The lowest BCUT2D eigenvalue weighted by Crippen LogP contribution is -2.53. The molecule has 0 amide bonds. The minimum absolute atomic E-state index is 0.114. The summed E-state index contributed by atoms with van der Waals surface area (Å²) in [5.74, 6) is -1.94. The number of halogens is 2. The molecule has 42 heavy (non-hydrogen) atoms. The number of methoxy groups -OCH3 is 2. The van der Waals surface area contributed by atoms with Gasteiger partial charge in [-0.2, -0.15) is 0 Å². The quantitative estimate of drug-likeness (QED) is 0.245. The number of aliphatic hydroxyl groups is 1. The van der Waals surface area contributed by atoms with Crippen molar-refractivity contribution in [1.29, 1.82) is 0 Å². The minimum Gasteiger partial charge on any atom is -0.496 e. The van der Waals surface area contributed by atoms with Crippen molar-refractivity contribution in [1.82, 2.24) is 9.47 Å². The molecule has 1 aliphatic carbocycles. The number of ether oxygens (including phenoxy) is 3. The van der Waals surface area contributed by atoms with Gasteiger partial charge < -0.3 is 25.1 Å². The fourth-order valence-corrected chi connectivity index (χ4v) is 6.79. The molecule has 8 nitrogen and oxygen atoms in total. The highest BCUT2D eigenvalue weighted by Crippen LogP contribution is 2.60. The molecule has 3 N–H and O–H groups in total. The van der Waals surface area contributed by atoms with Gasteiger partial charge in [-0.1, -0.05) is 12.1 Å². The van der Waals surface area contributed by atoms with Crippen LogP contribution in [0.1, 0.15) is 81.0 Å². The number of hydrogen-bond acceptors (Lipinski definition) is 7. The van der Waals surface area contributed by atoms with Gasteiger partial charge in [0.1, 0.15) is 11.4 Å². The van der Waals surface area contributed by atoms with Crippen molar-refractivity contribution >= 4 is 22.7 Å². The van der Waals surface area contributed by atoms with Crippen LogP contribution in [0.25, 0.3) is 10.9 Å². The van der Waals surface area contributed by atoms with Gasteiger partial charge in [0.2, 0.25) is 5.92 Å². The van der Waals surface area contributed by atoms with Gasteiger partial charge in [-0.05, 0) is 81.8 Å². The number of rotatable bonds is 6. The monoisotopic (exact) mass is 585 g/mol. The lowest BCUT2D eigenvalue weighted by molar-refractivity contribution is -0.186. The number of likely N-dealkylation sites (tertiary alicyclic amines) is 1. The van der Waals surface area contributed by atoms with Crippen LogP contribution >= 0.6 is 0 Å². The number of fused-ring (bicyclic) bond motifs is 1. The molecular weight excluding hydrogens is 544 g/mol. The average molecular weight is 586 g/mol. The molecule has 2 atom stereocenters. The molecule has 2 heterocycles. The van der Waals surface area contributed by atoms with Crippen LogP contribution in [0.2, 0.25) is 0 Å². The van der Waals surface area contributed by atoms with E-state index in [1.54, 1.807) is 19.4 Å². The van der Waals surface area contributed by atoms with Gasteiger partial charge in [-0.15, -0.1) is 0 Å². The number of carbonyl (C=O) groups is 1. The first-order chi connectivity index (χ1) is 19.7. The molecule has 0 radical (unpaired) electrons. The summed E-state index contributed by atoms with van der Waals surface area (Å²) in [5.41, 5.74) is 9.48. The molecule has 1 aromatic heterocycles. The number of benzene rings is 2. The predicted octanol–water partition coefficient (Wildman–Crippen LogP) is 6.71. The standard InChI is InChI=1S/C32H41F2N3O5/c1-19-13-26(40-5)23(21-9-11-37(27(19)21)29(39)42-30(2,3)4)16-36-12-10-31(17-32(33,34)18-31)15-25(36)20-7-8-22(24(35)14-20)28(38)41-6/h7-9,11,13-14,25,28,38H,10,12,15-18,35H2,1-6H3/t25-,28?/m0/s1. The van der Waals surface area contributed by atoms with Crippen LogP contribution < -0.4 is 10.5 Å². The summed E-state index contributed by atoms with van der Waals surface area (Å²) in [7, 11) is 3.02. The van der Waals surface area contributed by atoms with Crippen LogP contribution in [-0.2, 0) is 16.0 Å². The number of anilines is 1. The first-order valence-corrected chi connectivity index (χ1v) is 14.3. The fraction of sp³-hybridized carbons (Fsp3) is 0.531. The van der Waals surface area contributed by atoms with Crippen LogP contribution in [0.15, 0.2) is 36.5 Å². The number of nitrogens with zero attached hydrogens (tertiary/aromatic N) is 2. The number of aliphatic hydroxyl groups excluding tert-OH is 1. The molecule has 10 heteroatoms. The van der Waals surface area contributed by atoms with Crippen LogP contribution in [0, 0.1) is 12.3 Å². The number of hydrogen-bond donors (Lipinski definition) is 2. The molecule has 3 aromatic rings. The van der Waals surface area contributed by atoms with Gasteiger partial charge in [0.05, 0.1) is 12.6 Å². The van der Waals surface area contributed by atoms with E-state index in [1.165, 1.54) is 11.7 Å². The van der Waals surface area contributed by atoms with Gasteiger partial charge in [0.25, 0.3) is 0 Å². The minimum atomic E-state index is -2.63. The maximum atomic E-state index is 14.1. The van der Waals surface area contributed by atoms with E-state index in [2.05, 4.69) is 4.90 Å². The van der Waals surface area contributed by atoms with Gasteiger partial charge in [0, 0.05) is 60.9 Å². The van der Waals surface area contributed by atoms with Crippen LogP contribution in [-0.4, -0.2) is 53.0 Å². The Kier molecular flexibility index (Phi) is 7.79. The summed E-state index contributed by atoms with van der Waals surface area (Å²) in [5, 5.41) is 11.1. The second kappa shape index (κ2) is 10.8. The van der Waals surface area contributed by atoms with Gasteiger partial charge in [-0.3, -0.25) is 9.47 Å². The second-order valence-corrected chi connectivity index (χ2v) is 12.9. The van der Waals surface area contributed by atoms with Gasteiger partial charge in [0.15, 0.2) is 6.29 Å². The Morgan fingerprint density at radius 2 is 1.90 bits per heavy atom. The highest BCUT2D eigenvalue weighted by Gasteiger charge is 2.58. The van der Waals surface area contributed by atoms with Crippen molar-refractivity contribution in [3.05, 3.63) is 58.8 Å². The largest absolute Gasteiger partial charge is 0.496 e. The third kappa shape index (κ3) is 5.72. The van der Waals surface area contributed by atoms with E-state index in [9.17, 15) is 18.7 Å². The van der Waals surface area contributed by atoms with Crippen LogP contribution in [0.5, 0.6) is 5.75 Å². The number of nitrogen functional groups attached to an aromatic ring is 1. The van der Waals surface area contributed by atoms with Gasteiger partial charge in [-0.25, -0.2) is 13.6 Å². The molecule has 0 bridgehead atoms. The number of aromatic nitrogens is 1. The zero-order valence-corrected chi connectivity index (χ0v) is 25.2. The molecule has 1 unspecified atom stereocenters. The molecule has 2 aliphatic rings. The lowest BCUT2D eigenvalue weighted by atomic mass is 9.59. The molecule has 228 valence electrons. The van der Waals surface area contributed by atoms with Crippen molar-refractivity contribution in [2.75, 3.05) is 26.5 Å². The van der Waals surface area contributed by atoms with E-state index >= 15 is 0 Å². The number of carbonyl (C=O) groups excluding carboxylic acids is 1. The molecule has 2 aromatic carbocycles. The summed E-state index contributed by atoms with van der Waals surface area (Å²) < 4.78 is 46.3. The Hall–Kier alpha value is -3.21. The highest BCUT2D eigenvalue weighted by atomic mass is 19.3. The third-order valence-corrected chi connectivity index (χ3v) is 8.65. The Bertz CT molecular complexity index is 1490. The summed E-state index contributed by atoms with van der Waals surface area (Å²) in [6.45, 7) is 8.49. The predicted molar refractivity (Wildman–Crippen MR) is 157 cm³/mol. The van der Waals surface area contributed by atoms with E-state index in [1.807, 2.05) is 52.0 Å². The smallest absolute Gasteiger partial charge is 0.419 e. The Morgan fingerprint density at radius 1 is 1.19 bits per heavy atom. The SMILES string of the molecule is COc1cc(C)c2c(ccn2C(=O)OC(C)(C)C)c1CN1CCC2(C[C@H]1c1ccc(C(O)OC)c(N)c1)CC(F)(F)C2. The van der Waals surface area contributed by atoms with Crippen molar-refractivity contribution < 1.29 is 32.9 Å². The Labute approximate surface area is 245 Å². The lowest BCUT2D eigenvalue weighted by Gasteiger charge is -2.54. The van der Waals surface area contributed by atoms with Crippen molar-refractivity contribution in [3.8, 4) is 5.75 Å². The van der Waals surface area contributed by atoms with Crippen LogP contribution in [0.4, 0.5) is 19.3 Å². The molecule has 1 spiro atoms. The molecule has 1 aliphatic heterocycles. The second-order valence-electron chi connectivity index (χ2n) is 12.9.